The van der Waals surface area contributed by atoms with Crippen LogP contribution in [0.25, 0.3) is 0 Å². The van der Waals surface area contributed by atoms with Crippen molar-refractivity contribution in [3.05, 3.63) is 12.7 Å². The first-order valence-electron chi connectivity index (χ1n) is 11.1. The van der Waals surface area contributed by atoms with Gasteiger partial charge in [-0.05, 0) is 86.9 Å². The predicted molar refractivity (Wildman–Crippen MR) is 119 cm³/mol. The van der Waals surface area contributed by atoms with Crippen LogP contribution in [0.15, 0.2) is 12.7 Å². The summed E-state index contributed by atoms with van der Waals surface area (Å²) < 4.78 is 17.9. The van der Waals surface area contributed by atoms with Crippen molar-refractivity contribution < 1.29 is 23.6 Å². The third-order valence-electron chi connectivity index (χ3n) is 6.77. The molecule has 2 aliphatic rings. The Morgan fingerprint density at radius 1 is 1.20 bits per heavy atom. The Labute approximate surface area is 182 Å². The molecule has 0 radical (unpaired) electrons. The third kappa shape index (κ3) is 5.28. The van der Waals surface area contributed by atoms with Gasteiger partial charge in [-0.3, -0.25) is 9.69 Å². The van der Waals surface area contributed by atoms with Crippen molar-refractivity contribution in [2.45, 2.75) is 110 Å². The summed E-state index contributed by atoms with van der Waals surface area (Å²) in [6, 6.07) is 0. The maximum atomic E-state index is 12.9. The van der Waals surface area contributed by atoms with Crippen LogP contribution in [0, 0.1) is 5.92 Å². The number of hydrogen-bond donors (Lipinski definition) is 0. The second-order valence-corrected chi connectivity index (χ2v) is 10.8. The van der Waals surface area contributed by atoms with Gasteiger partial charge in [-0.1, -0.05) is 12.5 Å². The lowest BCUT2D eigenvalue weighted by atomic mass is 9.71. The van der Waals surface area contributed by atoms with Gasteiger partial charge in [0.1, 0.15) is 11.1 Å². The molecule has 0 saturated carbocycles. The molecule has 2 aliphatic heterocycles. The van der Waals surface area contributed by atoms with Gasteiger partial charge in [0.25, 0.3) is 0 Å². The molecule has 2 rings (SSSR count). The summed E-state index contributed by atoms with van der Waals surface area (Å²) in [7, 11) is -0.245. The molecule has 7 heteroatoms. The molecule has 0 bridgehead atoms. The number of piperidine rings is 1. The van der Waals surface area contributed by atoms with Gasteiger partial charge in [-0.15, -0.1) is 6.58 Å². The average Bonchev–Trinajstić information content (AvgIpc) is 2.78. The second-order valence-electron chi connectivity index (χ2n) is 10.8. The first-order valence-corrected chi connectivity index (χ1v) is 11.1. The van der Waals surface area contributed by atoms with Crippen molar-refractivity contribution in [2.75, 3.05) is 6.54 Å². The minimum atomic E-state index is -0.900. The molecule has 170 valence electrons. The summed E-state index contributed by atoms with van der Waals surface area (Å²) in [6.45, 7) is 19.6. The van der Waals surface area contributed by atoms with Crippen LogP contribution < -0.4 is 0 Å². The molecule has 0 spiro atoms. The maximum Gasteiger partial charge on any atom is 0.457 e. The van der Waals surface area contributed by atoms with Crippen LogP contribution in [0.5, 0.6) is 0 Å². The van der Waals surface area contributed by atoms with Gasteiger partial charge in [0.15, 0.2) is 5.78 Å². The molecular weight excluding hydrogens is 381 g/mol. The third-order valence-corrected chi connectivity index (χ3v) is 6.77. The van der Waals surface area contributed by atoms with Crippen LogP contribution in [-0.4, -0.2) is 52.8 Å². The number of nitrogens with zero attached hydrogens (tertiary/aromatic N) is 1. The Hall–Kier alpha value is -1.34. The first kappa shape index (κ1) is 24.9. The number of amides is 1. The molecule has 0 aromatic carbocycles. The number of ketones is 1. The largest absolute Gasteiger partial charge is 0.457 e. The highest BCUT2D eigenvalue weighted by molar-refractivity contribution is 6.45. The van der Waals surface area contributed by atoms with E-state index >= 15 is 0 Å². The summed E-state index contributed by atoms with van der Waals surface area (Å²) in [5.74, 6) is 0.278. The number of hydrogen-bond acceptors (Lipinski definition) is 5. The lowest BCUT2D eigenvalue weighted by Crippen LogP contribution is -2.61. The highest BCUT2D eigenvalue weighted by Crippen LogP contribution is 2.42. The zero-order valence-corrected chi connectivity index (χ0v) is 20.2. The Bertz CT molecular complexity index is 653. The number of ether oxygens (including phenoxy) is 1. The Balaban J connectivity index is 2.11. The molecule has 30 heavy (non-hydrogen) atoms. The van der Waals surface area contributed by atoms with Gasteiger partial charge in [-0.2, -0.15) is 0 Å². The van der Waals surface area contributed by atoms with Crippen molar-refractivity contribution in [2.24, 2.45) is 5.92 Å². The highest BCUT2D eigenvalue weighted by Gasteiger charge is 2.52. The Kier molecular flexibility index (Phi) is 7.19. The van der Waals surface area contributed by atoms with Crippen LogP contribution in [0.3, 0.4) is 0 Å². The molecule has 2 heterocycles. The monoisotopic (exact) mass is 421 g/mol. The van der Waals surface area contributed by atoms with E-state index in [4.69, 9.17) is 14.0 Å². The van der Waals surface area contributed by atoms with Crippen molar-refractivity contribution in [3.63, 3.8) is 0 Å². The van der Waals surface area contributed by atoms with Gasteiger partial charge in [0.2, 0.25) is 0 Å². The fourth-order valence-electron chi connectivity index (χ4n) is 4.41. The van der Waals surface area contributed by atoms with E-state index < -0.39 is 17.2 Å². The zero-order chi connectivity index (χ0) is 23.0. The molecule has 0 aromatic heterocycles. The van der Waals surface area contributed by atoms with Crippen LogP contribution in [0.4, 0.5) is 4.79 Å². The van der Waals surface area contributed by atoms with Gasteiger partial charge in [-0.25, -0.2) is 4.79 Å². The van der Waals surface area contributed by atoms with E-state index in [2.05, 4.69) is 34.3 Å². The molecule has 1 amide bonds. The number of Topliss-reactive ketones (excluding diaryl/α,β-unsaturated/α-hetero) is 1. The van der Waals surface area contributed by atoms with Crippen molar-refractivity contribution in [1.82, 2.24) is 4.90 Å². The van der Waals surface area contributed by atoms with Gasteiger partial charge in [0, 0.05) is 6.54 Å². The van der Waals surface area contributed by atoms with Crippen LogP contribution in [0.2, 0.25) is 6.32 Å². The fraction of sp³-hybridized carbons (Fsp3) is 0.826. The predicted octanol–water partition coefficient (Wildman–Crippen LogP) is 5.02. The summed E-state index contributed by atoms with van der Waals surface area (Å²) in [4.78, 5) is 27.4. The zero-order valence-electron chi connectivity index (χ0n) is 20.2. The van der Waals surface area contributed by atoms with E-state index in [0.717, 1.165) is 19.2 Å². The molecule has 2 atom stereocenters. The SMILES string of the molecule is C=CCC1(C(C)=O)CC(CCB2OC(C)(C)C(C)(C)O2)CCN1C(=O)OC(C)(C)C. The minimum absolute atomic E-state index is 0.0198. The van der Waals surface area contributed by atoms with E-state index in [1.807, 2.05) is 20.8 Å². The molecule has 0 aliphatic carbocycles. The van der Waals surface area contributed by atoms with E-state index in [1.165, 1.54) is 0 Å². The topological polar surface area (TPSA) is 65.1 Å². The fourth-order valence-corrected chi connectivity index (χ4v) is 4.41. The molecule has 0 N–H and O–H groups in total. The Morgan fingerprint density at radius 3 is 2.23 bits per heavy atom. The summed E-state index contributed by atoms with van der Waals surface area (Å²) >= 11 is 0. The number of carbonyl (C=O) groups is 2. The van der Waals surface area contributed by atoms with Gasteiger partial charge >= 0.3 is 13.2 Å². The lowest BCUT2D eigenvalue weighted by molar-refractivity contribution is -0.132. The molecule has 6 nitrogen and oxygen atoms in total. The quantitative estimate of drug-likeness (QED) is 0.445. The average molecular weight is 421 g/mol. The lowest BCUT2D eigenvalue weighted by Gasteiger charge is -2.48. The number of likely N-dealkylation sites (tertiary alicyclic amines) is 1. The molecule has 0 aromatic rings. The van der Waals surface area contributed by atoms with E-state index in [-0.39, 0.29) is 24.1 Å². The van der Waals surface area contributed by atoms with Crippen LogP contribution >= 0.6 is 0 Å². The smallest absolute Gasteiger partial charge is 0.444 e. The highest BCUT2D eigenvalue weighted by atomic mass is 16.7. The number of carbonyl (C=O) groups excluding carboxylic acids is 2. The van der Waals surface area contributed by atoms with Crippen LogP contribution in [-0.2, 0) is 18.8 Å². The second kappa shape index (κ2) is 8.66. The molecule has 2 unspecified atom stereocenters. The summed E-state index contributed by atoms with van der Waals surface area (Å²) in [5.41, 5.74) is -2.20. The van der Waals surface area contributed by atoms with Crippen molar-refractivity contribution in [3.8, 4) is 0 Å². The normalized spacial score (nSPS) is 28.3. The van der Waals surface area contributed by atoms with Crippen LogP contribution in [0.1, 0.15) is 81.1 Å². The van der Waals surface area contributed by atoms with E-state index in [9.17, 15) is 9.59 Å². The van der Waals surface area contributed by atoms with E-state index in [0.29, 0.717) is 25.3 Å². The van der Waals surface area contributed by atoms with Gasteiger partial charge in [0.05, 0.1) is 11.2 Å². The summed E-state index contributed by atoms with van der Waals surface area (Å²) in [6.07, 6.45) is 4.81. The minimum Gasteiger partial charge on any atom is -0.444 e. The first-order chi connectivity index (χ1) is 13.6. The van der Waals surface area contributed by atoms with Crippen molar-refractivity contribution >= 4 is 19.0 Å². The molecule has 2 saturated heterocycles. The van der Waals surface area contributed by atoms with Gasteiger partial charge < -0.3 is 14.0 Å². The van der Waals surface area contributed by atoms with E-state index in [1.54, 1.807) is 17.9 Å². The molecular formula is C23H40BNO5. The summed E-state index contributed by atoms with van der Waals surface area (Å²) in [5, 5.41) is 0. The number of rotatable bonds is 6. The maximum absolute atomic E-state index is 12.9. The standard InChI is InChI=1S/C23H40BNO5/c1-10-13-23(17(2)26)16-18(12-15-25(23)19(27)28-20(3,4)5)11-14-24-29-21(6,7)22(8,9)30-24/h10,18H,1,11-16H2,2-9H3. The molecule has 2 fully saturated rings. The van der Waals surface area contributed by atoms with Crippen molar-refractivity contribution in [1.29, 1.82) is 0 Å². The Morgan fingerprint density at radius 2 is 1.77 bits per heavy atom.